The van der Waals surface area contributed by atoms with Gasteiger partial charge in [0.15, 0.2) is 5.15 Å². The lowest BCUT2D eigenvalue weighted by Crippen LogP contribution is -2.24. The average molecular weight is 349 g/mol. The van der Waals surface area contributed by atoms with Gasteiger partial charge in [-0.1, -0.05) is 23.7 Å². The molecule has 116 valence electrons. The van der Waals surface area contributed by atoms with E-state index in [9.17, 15) is 14.7 Å². The van der Waals surface area contributed by atoms with Crippen LogP contribution in [0.25, 0.3) is 10.1 Å². The Morgan fingerprint density at radius 1 is 1.13 bits per heavy atom. The van der Waals surface area contributed by atoms with Crippen LogP contribution in [0.4, 0.5) is 16.2 Å². The summed E-state index contributed by atoms with van der Waals surface area (Å²) < 4.78 is 0.548. The molecule has 23 heavy (non-hydrogen) atoms. The minimum absolute atomic E-state index is 0.0434. The molecule has 2 heterocycles. The number of hydrogen-bond acceptors (Lipinski definition) is 4. The molecule has 3 rings (SSSR count). The molecule has 0 unspecified atom stereocenters. The molecule has 0 aliphatic carbocycles. The number of pyridine rings is 1. The van der Waals surface area contributed by atoms with Crippen molar-refractivity contribution in [3.05, 3.63) is 52.6 Å². The molecule has 0 fully saturated rings. The Bertz CT molecular complexity index is 925. The van der Waals surface area contributed by atoms with Crippen LogP contribution in [-0.2, 0) is 0 Å². The summed E-state index contributed by atoms with van der Waals surface area (Å²) in [7, 11) is 0. The smallest absolute Gasteiger partial charge is 0.416 e. The van der Waals surface area contributed by atoms with Gasteiger partial charge < -0.3 is 10.2 Å². The van der Waals surface area contributed by atoms with Crippen molar-refractivity contribution in [2.45, 2.75) is 0 Å². The molecule has 3 aromatic rings. The van der Waals surface area contributed by atoms with Gasteiger partial charge in [-0.2, -0.15) is 0 Å². The molecule has 0 saturated carbocycles. The number of hydrogen-bond donors (Lipinski definition) is 2. The summed E-state index contributed by atoms with van der Waals surface area (Å²) in [6.07, 6.45) is 0.220. The van der Waals surface area contributed by atoms with E-state index < -0.39 is 12.1 Å². The van der Waals surface area contributed by atoms with Gasteiger partial charge in [-0.15, -0.1) is 11.3 Å². The molecule has 8 heteroatoms. The van der Waals surface area contributed by atoms with Crippen molar-refractivity contribution in [3.8, 4) is 0 Å². The molecule has 1 aromatic carbocycles. The van der Waals surface area contributed by atoms with Gasteiger partial charge >= 0.3 is 12.1 Å². The Balaban J connectivity index is 2.25. The van der Waals surface area contributed by atoms with E-state index in [4.69, 9.17) is 16.7 Å². The van der Waals surface area contributed by atoms with E-state index in [1.165, 1.54) is 18.3 Å². The van der Waals surface area contributed by atoms with Crippen molar-refractivity contribution < 1.29 is 19.8 Å². The lowest BCUT2D eigenvalue weighted by atomic mass is 10.2. The predicted molar refractivity (Wildman–Crippen MR) is 88.2 cm³/mol. The number of thiophene rings is 1. The van der Waals surface area contributed by atoms with Crippen LogP contribution in [0, 0.1) is 0 Å². The van der Waals surface area contributed by atoms with E-state index in [0.717, 1.165) is 16.2 Å². The number of anilines is 2. The van der Waals surface area contributed by atoms with Crippen LogP contribution in [0.1, 0.15) is 9.67 Å². The fourth-order valence-electron chi connectivity index (χ4n) is 2.21. The number of halogens is 1. The van der Waals surface area contributed by atoms with Gasteiger partial charge in [-0.3, -0.25) is 0 Å². The average Bonchev–Trinajstić information content (AvgIpc) is 2.94. The molecule has 0 radical (unpaired) electrons. The van der Waals surface area contributed by atoms with Gasteiger partial charge in [-0.05, 0) is 29.7 Å². The van der Waals surface area contributed by atoms with Crippen molar-refractivity contribution in [2.24, 2.45) is 0 Å². The zero-order valence-corrected chi connectivity index (χ0v) is 13.0. The molecule has 0 aliphatic rings. The van der Waals surface area contributed by atoms with Crippen molar-refractivity contribution in [2.75, 3.05) is 4.90 Å². The largest absolute Gasteiger partial charge is 0.477 e. The number of rotatable bonds is 3. The van der Waals surface area contributed by atoms with E-state index in [1.54, 1.807) is 24.3 Å². The van der Waals surface area contributed by atoms with Gasteiger partial charge in [0.1, 0.15) is 4.88 Å². The maximum Gasteiger partial charge on any atom is 0.416 e. The standard InChI is InChI=1S/C15H9ClN2O4S/c16-13-10(5-2-6-17-13)18(15(21)22)9-4-1-3-8-7-11(14(19)20)23-12(8)9/h1-7H,(H,19,20)(H,21,22). The number of aromatic carboxylic acids is 1. The highest BCUT2D eigenvalue weighted by atomic mass is 35.5. The molecule has 6 nitrogen and oxygen atoms in total. The van der Waals surface area contributed by atoms with Crippen LogP contribution in [0.15, 0.2) is 42.6 Å². The number of carbonyl (C=O) groups is 2. The quantitative estimate of drug-likeness (QED) is 0.682. The number of carboxylic acid groups (broad SMARTS) is 2. The van der Waals surface area contributed by atoms with Gasteiger partial charge in [-0.25, -0.2) is 19.5 Å². The number of carboxylic acids is 1. The second kappa shape index (κ2) is 5.86. The fourth-order valence-corrected chi connectivity index (χ4v) is 3.42. The minimum atomic E-state index is -1.24. The van der Waals surface area contributed by atoms with E-state index >= 15 is 0 Å². The Morgan fingerprint density at radius 2 is 1.87 bits per heavy atom. The molecular weight excluding hydrogens is 340 g/mol. The highest BCUT2D eigenvalue weighted by molar-refractivity contribution is 7.21. The topological polar surface area (TPSA) is 90.7 Å². The Kier molecular flexibility index (Phi) is 3.89. The monoisotopic (exact) mass is 348 g/mol. The summed E-state index contributed by atoms with van der Waals surface area (Å²) in [5, 5.41) is 19.4. The summed E-state index contributed by atoms with van der Waals surface area (Å²) in [6, 6.07) is 9.61. The molecule has 2 N–H and O–H groups in total. The van der Waals surface area contributed by atoms with E-state index in [2.05, 4.69) is 4.98 Å². The third-order valence-electron chi connectivity index (χ3n) is 3.15. The van der Waals surface area contributed by atoms with Crippen LogP contribution in [0.3, 0.4) is 0 Å². The number of benzene rings is 1. The molecule has 0 aliphatic heterocycles. The predicted octanol–water partition coefficient (Wildman–Crippen LogP) is 4.46. The summed E-state index contributed by atoms with van der Waals surface area (Å²) in [4.78, 5) is 27.9. The maximum absolute atomic E-state index is 11.8. The zero-order valence-electron chi connectivity index (χ0n) is 11.4. The highest BCUT2D eigenvalue weighted by Crippen LogP contribution is 2.39. The number of aromatic nitrogens is 1. The number of nitrogens with zero attached hydrogens (tertiary/aromatic N) is 2. The molecule has 2 aromatic heterocycles. The fraction of sp³-hybridized carbons (Fsp3) is 0. The molecule has 0 bridgehead atoms. The van der Waals surface area contributed by atoms with E-state index in [1.807, 2.05) is 0 Å². The first-order valence-corrected chi connectivity index (χ1v) is 7.58. The van der Waals surface area contributed by atoms with Gasteiger partial charge in [0.05, 0.1) is 16.1 Å². The van der Waals surface area contributed by atoms with Crippen molar-refractivity contribution in [3.63, 3.8) is 0 Å². The molecular formula is C15H9ClN2O4S. The summed E-state index contributed by atoms with van der Waals surface area (Å²) in [5.74, 6) is -1.06. The second-order valence-corrected chi connectivity index (χ2v) is 5.95. The molecule has 0 saturated heterocycles. The van der Waals surface area contributed by atoms with Gasteiger partial charge in [0.25, 0.3) is 0 Å². The van der Waals surface area contributed by atoms with Crippen molar-refractivity contribution in [1.82, 2.24) is 4.98 Å². The zero-order chi connectivity index (χ0) is 16.6. The van der Waals surface area contributed by atoms with Crippen LogP contribution < -0.4 is 4.90 Å². The van der Waals surface area contributed by atoms with E-state index in [-0.39, 0.29) is 15.7 Å². The van der Waals surface area contributed by atoms with Crippen LogP contribution in [-0.4, -0.2) is 27.3 Å². The SMILES string of the molecule is O=C(O)c1cc2cccc(N(C(=O)O)c3cccnc3Cl)c2s1. The minimum Gasteiger partial charge on any atom is -0.477 e. The summed E-state index contributed by atoms with van der Waals surface area (Å²) >= 11 is 7.02. The van der Waals surface area contributed by atoms with Crippen LogP contribution in [0.2, 0.25) is 5.15 Å². The van der Waals surface area contributed by atoms with Crippen LogP contribution in [0.5, 0.6) is 0 Å². The third-order valence-corrected chi connectivity index (χ3v) is 4.60. The lowest BCUT2D eigenvalue weighted by molar-refractivity contribution is 0.0702. The van der Waals surface area contributed by atoms with Crippen molar-refractivity contribution >= 4 is 56.5 Å². The molecule has 0 spiro atoms. The van der Waals surface area contributed by atoms with Gasteiger partial charge in [0.2, 0.25) is 0 Å². The summed E-state index contributed by atoms with van der Waals surface area (Å²) in [5.41, 5.74) is 0.543. The Morgan fingerprint density at radius 3 is 2.52 bits per heavy atom. The normalized spacial score (nSPS) is 10.7. The lowest BCUT2D eigenvalue weighted by Gasteiger charge is -2.20. The second-order valence-electron chi connectivity index (χ2n) is 4.54. The first kappa shape index (κ1) is 15.3. The molecule has 0 atom stereocenters. The van der Waals surface area contributed by atoms with E-state index in [0.29, 0.717) is 15.8 Å². The first-order valence-electron chi connectivity index (χ1n) is 6.38. The highest BCUT2D eigenvalue weighted by Gasteiger charge is 2.23. The maximum atomic E-state index is 11.8. The third kappa shape index (κ3) is 2.71. The Hall–Kier alpha value is -2.64. The number of amides is 1. The van der Waals surface area contributed by atoms with Crippen LogP contribution >= 0.6 is 22.9 Å². The van der Waals surface area contributed by atoms with Gasteiger partial charge in [0, 0.05) is 6.20 Å². The first-order chi connectivity index (χ1) is 11.0. The van der Waals surface area contributed by atoms with Crippen molar-refractivity contribution in [1.29, 1.82) is 0 Å². The molecule has 1 amide bonds. The Labute approximate surface area is 139 Å². The summed E-state index contributed by atoms with van der Waals surface area (Å²) in [6.45, 7) is 0. The number of fused-ring (bicyclic) bond motifs is 1.